The molecule has 0 atom stereocenters. The van der Waals surface area contributed by atoms with Gasteiger partial charge in [-0.15, -0.1) is 0 Å². The maximum Gasteiger partial charge on any atom is 0.344 e. The van der Waals surface area contributed by atoms with Crippen LogP contribution in [0, 0.1) is 0 Å². The Morgan fingerprint density at radius 2 is 1.85 bits per heavy atom. The fraction of sp³-hybridized carbons (Fsp3) is 0.300. The van der Waals surface area contributed by atoms with Crippen molar-refractivity contribution in [1.29, 1.82) is 0 Å². The minimum Gasteiger partial charge on any atom is -0.496 e. The Morgan fingerprint density at radius 3 is 2.52 bits per heavy atom. The Labute approximate surface area is 163 Å². The van der Waals surface area contributed by atoms with Crippen molar-refractivity contribution in [1.82, 2.24) is 5.32 Å². The summed E-state index contributed by atoms with van der Waals surface area (Å²) in [6.45, 7) is 2.41. The van der Waals surface area contributed by atoms with Crippen molar-refractivity contribution < 1.29 is 23.8 Å². The van der Waals surface area contributed by atoms with E-state index in [9.17, 15) is 9.59 Å². The van der Waals surface area contributed by atoms with Gasteiger partial charge in [-0.3, -0.25) is 4.79 Å². The highest BCUT2D eigenvalue weighted by Crippen LogP contribution is 2.22. The third-order valence-corrected chi connectivity index (χ3v) is 3.93. The van der Waals surface area contributed by atoms with Crippen LogP contribution >= 0.6 is 11.6 Å². The van der Waals surface area contributed by atoms with Crippen LogP contribution in [0.1, 0.15) is 22.8 Å². The first kappa shape index (κ1) is 20.6. The molecule has 0 aliphatic rings. The Kier molecular flexibility index (Phi) is 7.95. The third-order valence-electron chi connectivity index (χ3n) is 3.69. The number of benzene rings is 2. The molecular formula is C20H22ClNO5. The molecule has 27 heavy (non-hydrogen) atoms. The number of amides is 1. The van der Waals surface area contributed by atoms with Gasteiger partial charge in [-0.25, -0.2) is 4.79 Å². The number of nitrogens with one attached hydrogen (secondary N) is 1. The van der Waals surface area contributed by atoms with Gasteiger partial charge in [0.15, 0.2) is 6.61 Å². The molecule has 0 bridgehead atoms. The number of hydrogen-bond acceptors (Lipinski definition) is 5. The number of methoxy groups -OCH3 is 1. The van der Waals surface area contributed by atoms with E-state index in [-0.39, 0.29) is 12.5 Å². The predicted molar refractivity (Wildman–Crippen MR) is 103 cm³/mol. The largest absolute Gasteiger partial charge is 0.496 e. The van der Waals surface area contributed by atoms with Crippen molar-refractivity contribution in [2.45, 2.75) is 13.3 Å². The number of carbonyl (C=O) groups excluding carboxylic acids is 2. The fourth-order valence-electron chi connectivity index (χ4n) is 2.37. The molecule has 0 saturated carbocycles. The molecule has 0 saturated heterocycles. The SMILES string of the molecule is CCOC(=O)COc1ccc(CCNC(=O)c2cc(Cl)ccc2OC)cc1. The van der Waals surface area contributed by atoms with Gasteiger partial charge >= 0.3 is 5.97 Å². The Hall–Kier alpha value is -2.73. The van der Waals surface area contributed by atoms with E-state index in [2.05, 4.69) is 5.32 Å². The minimum absolute atomic E-state index is 0.120. The van der Waals surface area contributed by atoms with Crippen LogP contribution in [0.5, 0.6) is 11.5 Å². The second kappa shape index (κ2) is 10.4. The topological polar surface area (TPSA) is 73.9 Å². The van der Waals surface area contributed by atoms with Crippen LogP contribution < -0.4 is 14.8 Å². The molecule has 2 rings (SSSR count). The second-order valence-corrected chi connectivity index (χ2v) is 6.02. The minimum atomic E-state index is -0.402. The van der Waals surface area contributed by atoms with E-state index in [0.29, 0.717) is 41.7 Å². The highest BCUT2D eigenvalue weighted by Gasteiger charge is 2.12. The van der Waals surface area contributed by atoms with Gasteiger partial charge in [0.2, 0.25) is 0 Å². The third kappa shape index (κ3) is 6.49. The summed E-state index contributed by atoms with van der Waals surface area (Å²) >= 11 is 5.95. The molecule has 0 fully saturated rings. The zero-order valence-corrected chi connectivity index (χ0v) is 16.0. The maximum atomic E-state index is 12.3. The molecular weight excluding hydrogens is 370 g/mol. The molecule has 6 nitrogen and oxygen atoms in total. The van der Waals surface area contributed by atoms with Crippen molar-refractivity contribution in [3.05, 3.63) is 58.6 Å². The van der Waals surface area contributed by atoms with Gasteiger partial charge in [0.05, 0.1) is 19.3 Å². The van der Waals surface area contributed by atoms with Crippen molar-refractivity contribution in [3.8, 4) is 11.5 Å². The van der Waals surface area contributed by atoms with E-state index in [0.717, 1.165) is 5.56 Å². The summed E-state index contributed by atoms with van der Waals surface area (Å²) in [6, 6.07) is 12.2. The molecule has 0 aliphatic heterocycles. The first-order valence-corrected chi connectivity index (χ1v) is 8.90. The Bertz CT molecular complexity index is 776. The number of carbonyl (C=O) groups is 2. The van der Waals surface area contributed by atoms with Gasteiger partial charge in [0.1, 0.15) is 11.5 Å². The van der Waals surface area contributed by atoms with Crippen molar-refractivity contribution in [2.24, 2.45) is 0 Å². The zero-order chi connectivity index (χ0) is 19.6. The summed E-state index contributed by atoms with van der Waals surface area (Å²) in [6.07, 6.45) is 0.646. The molecule has 1 amide bonds. The zero-order valence-electron chi connectivity index (χ0n) is 15.3. The van der Waals surface area contributed by atoms with Crippen LogP contribution in [0.15, 0.2) is 42.5 Å². The molecule has 0 radical (unpaired) electrons. The number of esters is 1. The average Bonchev–Trinajstić information content (AvgIpc) is 2.67. The summed E-state index contributed by atoms with van der Waals surface area (Å²) in [7, 11) is 1.51. The van der Waals surface area contributed by atoms with Crippen LogP contribution in [-0.4, -0.2) is 38.7 Å². The number of halogens is 1. The monoisotopic (exact) mass is 391 g/mol. The fourth-order valence-corrected chi connectivity index (χ4v) is 2.54. The van der Waals surface area contributed by atoms with E-state index in [1.165, 1.54) is 7.11 Å². The lowest BCUT2D eigenvalue weighted by Crippen LogP contribution is -2.26. The van der Waals surface area contributed by atoms with Crippen LogP contribution in [0.4, 0.5) is 0 Å². The van der Waals surface area contributed by atoms with Crippen molar-refractivity contribution in [3.63, 3.8) is 0 Å². The van der Waals surface area contributed by atoms with Crippen molar-refractivity contribution >= 4 is 23.5 Å². The van der Waals surface area contributed by atoms with Gasteiger partial charge < -0.3 is 19.5 Å². The molecule has 0 spiro atoms. The van der Waals surface area contributed by atoms with Crippen molar-refractivity contribution in [2.75, 3.05) is 26.9 Å². The molecule has 2 aromatic rings. The lowest BCUT2D eigenvalue weighted by molar-refractivity contribution is -0.145. The van der Waals surface area contributed by atoms with E-state index >= 15 is 0 Å². The van der Waals surface area contributed by atoms with Crippen LogP contribution in [0.3, 0.4) is 0 Å². The molecule has 7 heteroatoms. The highest BCUT2D eigenvalue weighted by atomic mass is 35.5. The van der Waals surface area contributed by atoms with E-state index in [1.54, 1.807) is 37.3 Å². The predicted octanol–water partition coefficient (Wildman–Crippen LogP) is 3.26. The average molecular weight is 392 g/mol. The van der Waals surface area contributed by atoms with E-state index < -0.39 is 5.97 Å². The smallest absolute Gasteiger partial charge is 0.344 e. The van der Waals surface area contributed by atoms with E-state index in [4.69, 9.17) is 25.8 Å². The standard InChI is InChI=1S/C20H22ClNO5/c1-3-26-19(23)13-27-16-7-4-14(5-8-16)10-11-22-20(24)17-12-15(21)6-9-18(17)25-2/h4-9,12H,3,10-11,13H2,1-2H3,(H,22,24). The Balaban J connectivity index is 1.82. The molecule has 0 unspecified atom stereocenters. The summed E-state index contributed by atoms with van der Waals surface area (Å²) < 4.78 is 15.3. The summed E-state index contributed by atoms with van der Waals surface area (Å²) in [5.41, 5.74) is 1.42. The van der Waals surface area contributed by atoms with Gasteiger partial charge in [-0.1, -0.05) is 23.7 Å². The first-order chi connectivity index (χ1) is 13.0. The summed E-state index contributed by atoms with van der Waals surface area (Å²) in [4.78, 5) is 23.6. The first-order valence-electron chi connectivity index (χ1n) is 8.52. The lowest BCUT2D eigenvalue weighted by Gasteiger charge is -2.10. The van der Waals surface area contributed by atoms with Gasteiger partial charge in [0, 0.05) is 11.6 Å². The van der Waals surface area contributed by atoms with Crippen LogP contribution in [-0.2, 0) is 16.0 Å². The summed E-state index contributed by atoms with van der Waals surface area (Å²) in [5.74, 6) is 0.406. The molecule has 144 valence electrons. The molecule has 1 N–H and O–H groups in total. The molecule has 2 aromatic carbocycles. The van der Waals surface area contributed by atoms with E-state index in [1.807, 2.05) is 12.1 Å². The number of rotatable bonds is 9. The summed E-state index contributed by atoms with van der Waals surface area (Å²) in [5, 5.41) is 3.32. The number of hydrogen-bond donors (Lipinski definition) is 1. The Morgan fingerprint density at radius 1 is 1.11 bits per heavy atom. The molecule has 0 heterocycles. The second-order valence-electron chi connectivity index (χ2n) is 5.59. The molecule has 0 aromatic heterocycles. The van der Waals surface area contributed by atoms with Gasteiger partial charge in [-0.05, 0) is 49.2 Å². The lowest BCUT2D eigenvalue weighted by atomic mass is 10.1. The normalized spacial score (nSPS) is 10.2. The quantitative estimate of drug-likeness (QED) is 0.664. The maximum absolute atomic E-state index is 12.3. The van der Waals surface area contributed by atoms with Gasteiger partial charge in [-0.2, -0.15) is 0 Å². The van der Waals surface area contributed by atoms with Crippen LogP contribution in [0.25, 0.3) is 0 Å². The highest BCUT2D eigenvalue weighted by molar-refractivity contribution is 6.31. The number of ether oxygens (including phenoxy) is 3. The molecule has 0 aliphatic carbocycles. The van der Waals surface area contributed by atoms with Crippen LogP contribution in [0.2, 0.25) is 5.02 Å². The van der Waals surface area contributed by atoms with Gasteiger partial charge in [0.25, 0.3) is 5.91 Å².